The van der Waals surface area contributed by atoms with Crippen LogP contribution in [0.15, 0.2) is 41.3 Å². The summed E-state index contributed by atoms with van der Waals surface area (Å²) >= 11 is 0. The number of ether oxygens (including phenoxy) is 2. The van der Waals surface area contributed by atoms with Crippen molar-refractivity contribution < 1.29 is 27.1 Å². The van der Waals surface area contributed by atoms with Crippen LogP contribution in [0, 0.1) is 11.7 Å². The highest BCUT2D eigenvalue weighted by Crippen LogP contribution is 2.28. The Morgan fingerprint density at radius 3 is 2.44 bits per heavy atom. The van der Waals surface area contributed by atoms with Gasteiger partial charge in [-0.1, -0.05) is 13.0 Å². The van der Waals surface area contributed by atoms with E-state index in [1.807, 2.05) is 6.07 Å². The highest BCUT2D eigenvalue weighted by molar-refractivity contribution is 7.89. The number of piperidine rings is 1. The first-order chi connectivity index (χ1) is 15.3. The number of carbonyl (C=O) groups excluding carboxylic acids is 1. The smallest absolute Gasteiger partial charge is 0.254 e. The molecule has 0 unspecified atom stereocenters. The van der Waals surface area contributed by atoms with E-state index < -0.39 is 21.7 Å². The van der Waals surface area contributed by atoms with Crippen molar-refractivity contribution >= 4 is 15.9 Å². The first-order valence-corrected chi connectivity index (χ1v) is 12.0. The zero-order valence-electron chi connectivity index (χ0n) is 18.6. The molecule has 0 atom stereocenters. The molecule has 3 rings (SSSR count). The zero-order chi connectivity index (χ0) is 23.3. The molecule has 1 heterocycles. The number of rotatable bonds is 8. The number of amides is 1. The number of benzene rings is 2. The highest BCUT2D eigenvalue weighted by atomic mass is 32.2. The Balaban J connectivity index is 1.68. The molecule has 1 aliphatic heterocycles. The minimum Gasteiger partial charge on any atom is -0.493 e. The second kappa shape index (κ2) is 10.3. The number of nitrogens with one attached hydrogen (secondary N) is 1. The Bertz CT molecular complexity index is 1070. The Hall–Kier alpha value is -2.65. The van der Waals surface area contributed by atoms with Crippen LogP contribution in [0.25, 0.3) is 0 Å². The van der Waals surface area contributed by atoms with E-state index in [2.05, 4.69) is 12.2 Å². The van der Waals surface area contributed by atoms with Crippen LogP contribution in [0.1, 0.15) is 35.7 Å². The molecule has 1 saturated heterocycles. The summed E-state index contributed by atoms with van der Waals surface area (Å²) in [6.45, 7) is 3.18. The number of sulfonamides is 1. The fourth-order valence-corrected chi connectivity index (χ4v) is 5.16. The lowest BCUT2D eigenvalue weighted by Crippen LogP contribution is -2.38. The van der Waals surface area contributed by atoms with Crippen molar-refractivity contribution in [1.82, 2.24) is 9.62 Å². The van der Waals surface area contributed by atoms with Crippen LogP contribution in [0.2, 0.25) is 0 Å². The fraction of sp³-hybridized carbons (Fsp3) is 0.435. The van der Waals surface area contributed by atoms with E-state index in [1.54, 1.807) is 19.2 Å². The van der Waals surface area contributed by atoms with Crippen molar-refractivity contribution in [2.24, 2.45) is 5.92 Å². The van der Waals surface area contributed by atoms with E-state index in [-0.39, 0.29) is 17.0 Å². The van der Waals surface area contributed by atoms with Gasteiger partial charge in [0, 0.05) is 19.6 Å². The molecule has 2 aromatic rings. The maximum Gasteiger partial charge on any atom is 0.254 e. The van der Waals surface area contributed by atoms with E-state index in [1.165, 1.54) is 17.5 Å². The van der Waals surface area contributed by atoms with Gasteiger partial charge in [-0.15, -0.1) is 0 Å². The number of carbonyl (C=O) groups is 1. The summed E-state index contributed by atoms with van der Waals surface area (Å²) in [7, 11) is -0.688. The number of nitrogens with zero attached hydrogens (tertiary/aromatic N) is 1. The zero-order valence-corrected chi connectivity index (χ0v) is 19.4. The maximum atomic E-state index is 14.3. The quantitative estimate of drug-likeness (QED) is 0.648. The van der Waals surface area contributed by atoms with E-state index in [9.17, 15) is 17.6 Å². The molecule has 0 radical (unpaired) electrons. The summed E-state index contributed by atoms with van der Waals surface area (Å²) in [5, 5.41) is 2.66. The molecule has 1 amide bonds. The third kappa shape index (κ3) is 5.39. The van der Waals surface area contributed by atoms with Crippen LogP contribution in [-0.2, 0) is 16.4 Å². The van der Waals surface area contributed by atoms with Crippen molar-refractivity contribution in [3.63, 3.8) is 0 Å². The van der Waals surface area contributed by atoms with E-state index >= 15 is 0 Å². The van der Waals surface area contributed by atoms with Crippen molar-refractivity contribution in [2.75, 3.05) is 33.9 Å². The van der Waals surface area contributed by atoms with E-state index in [4.69, 9.17) is 9.47 Å². The molecule has 32 heavy (non-hydrogen) atoms. The lowest BCUT2D eigenvalue weighted by atomic mass is 10.0. The predicted octanol–water partition coefficient (Wildman–Crippen LogP) is 3.24. The van der Waals surface area contributed by atoms with Gasteiger partial charge in [-0.3, -0.25) is 4.79 Å². The van der Waals surface area contributed by atoms with Gasteiger partial charge < -0.3 is 14.8 Å². The average Bonchev–Trinajstić information content (AvgIpc) is 2.79. The molecule has 1 N–H and O–H groups in total. The number of halogens is 1. The highest BCUT2D eigenvalue weighted by Gasteiger charge is 2.29. The van der Waals surface area contributed by atoms with Crippen LogP contribution >= 0.6 is 0 Å². The number of methoxy groups -OCH3 is 2. The minimum atomic E-state index is -3.78. The average molecular weight is 465 g/mol. The van der Waals surface area contributed by atoms with Crippen LogP contribution in [-0.4, -0.2) is 52.5 Å². The lowest BCUT2D eigenvalue weighted by molar-refractivity contribution is 0.0950. The van der Waals surface area contributed by atoms with Gasteiger partial charge in [0.15, 0.2) is 11.5 Å². The van der Waals surface area contributed by atoms with Gasteiger partial charge >= 0.3 is 0 Å². The first-order valence-electron chi connectivity index (χ1n) is 10.5. The van der Waals surface area contributed by atoms with Crippen molar-refractivity contribution in [3.05, 3.63) is 53.3 Å². The molecule has 0 spiro atoms. The van der Waals surface area contributed by atoms with Crippen molar-refractivity contribution in [1.29, 1.82) is 0 Å². The SMILES string of the molecule is COc1ccc(CCNC(=O)c2cc(S(=O)(=O)N3CCC(C)CC3)ccc2F)cc1OC. The van der Waals surface area contributed by atoms with Gasteiger partial charge in [0.2, 0.25) is 10.0 Å². The summed E-state index contributed by atoms with van der Waals surface area (Å²) in [4.78, 5) is 12.5. The minimum absolute atomic E-state index is 0.0708. The van der Waals surface area contributed by atoms with Crippen molar-refractivity contribution in [3.8, 4) is 11.5 Å². The van der Waals surface area contributed by atoms with E-state index in [0.717, 1.165) is 30.5 Å². The van der Waals surface area contributed by atoms with Gasteiger partial charge in [-0.05, 0) is 61.1 Å². The predicted molar refractivity (Wildman–Crippen MR) is 119 cm³/mol. The third-order valence-electron chi connectivity index (χ3n) is 5.71. The van der Waals surface area contributed by atoms with Gasteiger partial charge in [-0.25, -0.2) is 12.8 Å². The van der Waals surface area contributed by atoms with Crippen LogP contribution in [0.3, 0.4) is 0 Å². The Morgan fingerprint density at radius 2 is 1.78 bits per heavy atom. The maximum absolute atomic E-state index is 14.3. The summed E-state index contributed by atoms with van der Waals surface area (Å²) in [5.41, 5.74) is 0.614. The van der Waals surface area contributed by atoms with Crippen molar-refractivity contribution in [2.45, 2.75) is 31.1 Å². The van der Waals surface area contributed by atoms with Crippen LogP contribution in [0.5, 0.6) is 11.5 Å². The number of hydrogen-bond donors (Lipinski definition) is 1. The molecular formula is C23H29FN2O5S. The molecule has 9 heteroatoms. The number of hydrogen-bond acceptors (Lipinski definition) is 5. The monoisotopic (exact) mass is 464 g/mol. The van der Waals surface area contributed by atoms with E-state index in [0.29, 0.717) is 36.9 Å². The van der Waals surface area contributed by atoms with Gasteiger partial charge in [0.1, 0.15) is 5.82 Å². The van der Waals surface area contributed by atoms with Gasteiger partial charge in [0.25, 0.3) is 5.91 Å². The summed E-state index contributed by atoms with van der Waals surface area (Å²) in [6.07, 6.45) is 2.05. The first kappa shape index (κ1) is 24.0. The Labute approximate surface area is 188 Å². The molecule has 0 aromatic heterocycles. The molecule has 7 nitrogen and oxygen atoms in total. The van der Waals surface area contributed by atoms with Crippen LogP contribution in [0.4, 0.5) is 4.39 Å². The molecule has 0 bridgehead atoms. The Kier molecular flexibility index (Phi) is 7.73. The summed E-state index contributed by atoms with van der Waals surface area (Å²) < 4.78 is 52.1. The molecule has 1 fully saturated rings. The summed E-state index contributed by atoms with van der Waals surface area (Å²) in [6, 6.07) is 8.78. The normalized spacial score (nSPS) is 15.4. The lowest BCUT2D eigenvalue weighted by Gasteiger charge is -2.29. The molecule has 0 aliphatic carbocycles. The molecular weight excluding hydrogens is 435 g/mol. The third-order valence-corrected chi connectivity index (χ3v) is 7.60. The summed E-state index contributed by atoms with van der Waals surface area (Å²) in [5.74, 6) is 0.227. The molecule has 0 saturated carbocycles. The standard InChI is InChI=1S/C23H29FN2O5S/c1-16-9-12-26(13-10-16)32(28,29)18-5-6-20(24)19(15-18)23(27)25-11-8-17-4-7-21(30-2)22(14-17)31-3/h4-7,14-16H,8-13H2,1-3H3,(H,25,27). The largest absolute Gasteiger partial charge is 0.493 e. The second-order valence-corrected chi connectivity index (χ2v) is 9.86. The van der Waals surface area contributed by atoms with Crippen LogP contribution < -0.4 is 14.8 Å². The topological polar surface area (TPSA) is 84.9 Å². The van der Waals surface area contributed by atoms with Gasteiger partial charge in [0.05, 0.1) is 24.7 Å². The Morgan fingerprint density at radius 1 is 1.09 bits per heavy atom. The molecule has 2 aromatic carbocycles. The fourth-order valence-electron chi connectivity index (χ4n) is 3.66. The molecule has 1 aliphatic rings. The molecule has 174 valence electrons. The second-order valence-electron chi connectivity index (χ2n) is 7.92. The van der Waals surface area contributed by atoms with Gasteiger partial charge in [-0.2, -0.15) is 4.31 Å².